The van der Waals surface area contributed by atoms with E-state index in [1.165, 1.54) is 0 Å². The van der Waals surface area contributed by atoms with Gasteiger partial charge in [-0.3, -0.25) is 20.4 Å². The van der Waals surface area contributed by atoms with E-state index < -0.39 is 8.32 Å². The third-order valence-corrected chi connectivity index (χ3v) is 9.76. The summed E-state index contributed by atoms with van der Waals surface area (Å²) in [4.78, 5) is 22.2. The smallest absolute Gasteiger partial charge is 0.265 e. The van der Waals surface area contributed by atoms with Gasteiger partial charge in [0.25, 0.3) is 11.8 Å². The summed E-state index contributed by atoms with van der Waals surface area (Å²) in [6, 6.07) is 13.9. The van der Waals surface area contributed by atoms with Gasteiger partial charge < -0.3 is 9.53 Å². The van der Waals surface area contributed by atoms with Crippen LogP contribution in [0, 0.1) is 0 Å². The second-order valence-corrected chi connectivity index (χ2v) is 13.4. The number of aliphatic hydroxyl groups excluding tert-OH is 1. The Morgan fingerprint density at radius 1 is 0.871 bits per heavy atom. The predicted molar refractivity (Wildman–Crippen MR) is 124 cm³/mol. The minimum absolute atomic E-state index is 0.0233. The maximum absolute atomic E-state index is 11.3. The summed E-state index contributed by atoms with van der Waals surface area (Å²) in [6.07, 6.45) is 0. The van der Waals surface area contributed by atoms with Crippen molar-refractivity contribution in [1.29, 1.82) is 0 Å². The summed E-state index contributed by atoms with van der Waals surface area (Å²) in [6.45, 7) is 11.7. The number of nitrogens with one attached hydrogen (secondary N) is 2. The summed E-state index contributed by atoms with van der Waals surface area (Å²) in [5.74, 6) is 9.40. The Labute approximate surface area is 185 Å². The first-order valence-electron chi connectivity index (χ1n) is 9.89. The lowest BCUT2D eigenvalue weighted by molar-refractivity contribution is 0.0945. The Bertz CT molecular complexity index is 847. The average Bonchev–Trinajstić information content (AvgIpc) is 2.76. The molecule has 0 aliphatic rings. The molecule has 31 heavy (non-hydrogen) atoms. The standard InChI is InChI=1S/C14H24N2O2Si.C8H10N2O2/c1-14(2,3)19(4,5)18-10-11-6-8-12(9-7-11)13(17)16-15;9-10-8(12)7-3-1-6(5-11)2-4-7/h6-9H,10,15H2,1-5H3,(H,16,17);1-4,11H,5,9H2,(H,10,12). The van der Waals surface area contributed by atoms with E-state index >= 15 is 0 Å². The number of aliphatic hydroxyl groups is 1. The molecule has 9 heteroatoms. The zero-order chi connectivity index (χ0) is 23.7. The SMILES string of the molecule is CC(C)(C)[Si](C)(C)OCc1ccc(C(=O)NN)cc1.NNC(=O)c1ccc(CO)cc1. The second-order valence-electron chi connectivity index (χ2n) is 8.55. The fourth-order valence-corrected chi connectivity index (χ4v) is 3.12. The molecule has 0 fully saturated rings. The van der Waals surface area contributed by atoms with Gasteiger partial charge in [-0.05, 0) is 53.5 Å². The van der Waals surface area contributed by atoms with Crippen molar-refractivity contribution < 1.29 is 19.1 Å². The highest BCUT2D eigenvalue weighted by Crippen LogP contribution is 2.37. The van der Waals surface area contributed by atoms with Crippen molar-refractivity contribution in [3.63, 3.8) is 0 Å². The zero-order valence-electron chi connectivity index (χ0n) is 18.9. The first-order valence-corrected chi connectivity index (χ1v) is 12.8. The molecule has 2 rings (SSSR count). The number of nitrogen functional groups attached to an aromatic ring is 2. The first kappa shape index (κ1) is 26.5. The van der Waals surface area contributed by atoms with Crippen LogP contribution >= 0.6 is 0 Å². The number of carbonyl (C=O) groups excluding carboxylic acids is 2. The van der Waals surface area contributed by atoms with E-state index in [9.17, 15) is 9.59 Å². The molecule has 8 nitrogen and oxygen atoms in total. The minimum Gasteiger partial charge on any atom is -0.413 e. The van der Waals surface area contributed by atoms with E-state index in [0.29, 0.717) is 17.7 Å². The summed E-state index contributed by atoms with van der Waals surface area (Å²) >= 11 is 0. The van der Waals surface area contributed by atoms with Crippen LogP contribution in [0.4, 0.5) is 0 Å². The van der Waals surface area contributed by atoms with Crippen LogP contribution in [0.15, 0.2) is 48.5 Å². The zero-order valence-corrected chi connectivity index (χ0v) is 19.9. The van der Waals surface area contributed by atoms with Gasteiger partial charge in [0.15, 0.2) is 8.32 Å². The second kappa shape index (κ2) is 11.7. The lowest BCUT2D eigenvalue weighted by Gasteiger charge is -2.36. The number of hydrazine groups is 2. The normalized spacial score (nSPS) is 11.2. The Kier molecular flexibility index (Phi) is 10.0. The molecular formula is C22H34N4O4Si. The van der Waals surface area contributed by atoms with Gasteiger partial charge in [-0.25, -0.2) is 11.7 Å². The van der Waals surface area contributed by atoms with E-state index in [4.69, 9.17) is 21.2 Å². The summed E-state index contributed by atoms with van der Waals surface area (Å²) in [5, 5.41) is 8.90. The van der Waals surface area contributed by atoms with Gasteiger partial charge in [-0.15, -0.1) is 0 Å². The number of hydrogen-bond donors (Lipinski definition) is 5. The highest BCUT2D eigenvalue weighted by atomic mass is 28.4. The molecule has 0 radical (unpaired) electrons. The van der Waals surface area contributed by atoms with Crippen molar-refractivity contribution in [2.24, 2.45) is 11.7 Å². The first-order chi connectivity index (χ1) is 14.4. The fourth-order valence-electron chi connectivity index (χ4n) is 2.16. The lowest BCUT2D eigenvalue weighted by atomic mass is 10.1. The van der Waals surface area contributed by atoms with Crippen LogP contribution in [0.2, 0.25) is 18.1 Å². The van der Waals surface area contributed by atoms with Crippen molar-refractivity contribution in [3.05, 3.63) is 70.8 Å². The van der Waals surface area contributed by atoms with Crippen molar-refractivity contribution in [2.75, 3.05) is 0 Å². The Hall–Kier alpha value is -2.56. The Morgan fingerprint density at radius 3 is 1.58 bits per heavy atom. The van der Waals surface area contributed by atoms with Gasteiger partial charge in [0, 0.05) is 11.1 Å². The van der Waals surface area contributed by atoms with E-state index in [-0.39, 0.29) is 23.5 Å². The third-order valence-electron chi connectivity index (χ3n) is 5.28. The maximum Gasteiger partial charge on any atom is 0.265 e. The van der Waals surface area contributed by atoms with Crippen LogP contribution in [0.3, 0.4) is 0 Å². The van der Waals surface area contributed by atoms with Crippen LogP contribution in [-0.4, -0.2) is 25.2 Å². The number of rotatable bonds is 6. The highest BCUT2D eigenvalue weighted by molar-refractivity contribution is 6.74. The molecule has 0 aliphatic carbocycles. The molecule has 2 aromatic carbocycles. The van der Waals surface area contributed by atoms with Crippen molar-refractivity contribution >= 4 is 20.1 Å². The van der Waals surface area contributed by atoms with Gasteiger partial charge in [-0.2, -0.15) is 0 Å². The third kappa shape index (κ3) is 8.23. The van der Waals surface area contributed by atoms with Crippen molar-refractivity contribution in [3.8, 4) is 0 Å². The fraction of sp³-hybridized carbons (Fsp3) is 0.364. The van der Waals surface area contributed by atoms with Crippen LogP contribution in [-0.2, 0) is 17.6 Å². The molecule has 0 aromatic heterocycles. The molecule has 0 spiro atoms. The summed E-state index contributed by atoms with van der Waals surface area (Å²) in [7, 11) is -1.73. The highest BCUT2D eigenvalue weighted by Gasteiger charge is 2.36. The molecule has 2 aromatic rings. The van der Waals surface area contributed by atoms with Crippen LogP contribution < -0.4 is 22.5 Å². The Balaban J connectivity index is 0.000000343. The number of nitrogens with two attached hydrogens (primary N) is 2. The van der Waals surface area contributed by atoms with E-state index in [0.717, 1.165) is 11.1 Å². The van der Waals surface area contributed by atoms with Crippen molar-refractivity contribution in [1.82, 2.24) is 10.9 Å². The van der Waals surface area contributed by atoms with Crippen LogP contribution in [0.25, 0.3) is 0 Å². The van der Waals surface area contributed by atoms with Crippen LogP contribution in [0.5, 0.6) is 0 Å². The van der Waals surface area contributed by atoms with E-state index in [2.05, 4.69) is 39.3 Å². The predicted octanol–water partition coefficient (Wildman–Crippen LogP) is 2.59. The summed E-state index contributed by atoms with van der Waals surface area (Å²) in [5.41, 5.74) is 7.00. The molecule has 2 amide bonds. The number of benzene rings is 2. The van der Waals surface area contributed by atoms with Gasteiger partial charge in [0.2, 0.25) is 0 Å². The lowest BCUT2D eigenvalue weighted by Crippen LogP contribution is -2.40. The molecule has 7 N–H and O–H groups in total. The molecule has 0 saturated heterocycles. The molecule has 0 heterocycles. The number of hydrogen-bond acceptors (Lipinski definition) is 6. The van der Waals surface area contributed by atoms with Gasteiger partial charge in [0.1, 0.15) is 0 Å². The molecule has 0 atom stereocenters. The molecule has 0 unspecified atom stereocenters. The molecule has 0 aliphatic heterocycles. The van der Waals surface area contributed by atoms with E-state index in [1.807, 2.05) is 17.6 Å². The molecule has 0 bridgehead atoms. The van der Waals surface area contributed by atoms with Crippen molar-refractivity contribution in [2.45, 2.75) is 52.1 Å². The van der Waals surface area contributed by atoms with Crippen LogP contribution in [0.1, 0.15) is 52.6 Å². The number of amides is 2. The van der Waals surface area contributed by atoms with Gasteiger partial charge in [-0.1, -0.05) is 45.0 Å². The topological polar surface area (TPSA) is 140 Å². The average molecular weight is 447 g/mol. The molecule has 0 saturated carbocycles. The maximum atomic E-state index is 11.3. The van der Waals surface area contributed by atoms with Gasteiger partial charge in [0.05, 0.1) is 13.2 Å². The van der Waals surface area contributed by atoms with Gasteiger partial charge >= 0.3 is 0 Å². The number of carbonyl (C=O) groups is 2. The quantitative estimate of drug-likeness (QED) is 0.200. The largest absolute Gasteiger partial charge is 0.413 e. The molecular weight excluding hydrogens is 412 g/mol. The summed E-state index contributed by atoms with van der Waals surface area (Å²) < 4.78 is 6.12. The molecule has 170 valence electrons. The minimum atomic E-state index is -1.73. The monoisotopic (exact) mass is 446 g/mol. The van der Waals surface area contributed by atoms with E-state index in [1.54, 1.807) is 36.4 Å². The Morgan fingerprint density at radius 2 is 1.26 bits per heavy atom.